The van der Waals surface area contributed by atoms with Gasteiger partial charge in [0.2, 0.25) is 0 Å². The molecule has 0 saturated carbocycles. The Balaban J connectivity index is 1.54. The number of urea groups is 1. The van der Waals surface area contributed by atoms with Crippen LogP contribution in [0, 0.1) is 0 Å². The van der Waals surface area contributed by atoms with E-state index in [9.17, 15) is 9.90 Å². The van der Waals surface area contributed by atoms with Crippen molar-refractivity contribution >= 4 is 29.0 Å². The maximum absolute atomic E-state index is 12.3. The predicted molar refractivity (Wildman–Crippen MR) is 92.4 cm³/mol. The Morgan fingerprint density at radius 3 is 2.17 bits per heavy atom. The molecule has 2 amide bonds. The predicted octanol–water partition coefficient (Wildman–Crippen LogP) is 3.40. The maximum Gasteiger partial charge on any atom is 0.321 e. The SMILES string of the molecule is O=C(Nc1ccc(Cl)cc1)N1CCN(c2ccc(O)cc2)CC1. The fourth-order valence-electron chi connectivity index (χ4n) is 2.57. The first-order valence-electron chi connectivity index (χ1n) is 7.47. The molecule has 2 aromatic carbocycles. The number of halogens is 1. The van der Waals surface area contributed by atoms with Gasteiger partial charge in [0.1, 0.15) is 5.75 Å². The van der Waals surface area contributed by atoms with Crippen molar-refractivity contribution in [3.63, 3.8) is 0 Å². The first kappa shape index (κ1) is 15.5. The second kappa shape index (κ2) is 6.79. The van der Waals surface area contributed by atoms with Crippen LogP contribution >= 0.6 is 11.6 Å². The molecule has 5 nitrogen and oxygen atoms in total. The van der Waals surface area contributed by atoms with Gasteiger partial charge in [-0.25, -0.2) is 4.79 Å². The van der Waals surface area contributed by atoms with Crippen molar-refractivity contribution < 1.29 is 9.90 Å². The number of anilines is 2. The molecule has 23 heavy (non-hydrogen) atoms. The molecule has 6 heteroatoms. The van der Waals surface area contributed by atoms with E-state index in [0.717, 1.165) is 24.5 Å². The van der Waals surface area contributed by atoms with Crippen LogP contribution in [0.2, 0.25) is 5.02 Å². The van der Waals surface area contributed by atoms with Crippen LogP contribution in [0.25, 0.3) is 0 Å². The summed E-state index contributed by atoms with van der Waals surface area (Å²) in [5, 5.41) is 12.9. The number of hydrogen-bond donors (Lipinski definition) is 2. The minimum absolute atomic E-state index is 0.0994. The zero-order valence-electron chi connectivity index (χ0n) is 12.6. The highest BCUT2D eigenvalue weighted by atomic mass is 35.5. The third-order valence-electron chi connectivity index (χ3n) is 3.88. The van der Waals surface area contributed by atoms with Crippen LogP contribution < -0.4 is 10.2 Å². The summed E-state index contributed by atoms with van der Waals surface area (Å²) in [6.45, 7) is 2.83. The fraction of sp³-hybridized carbons (Fsp3) is 0.235. The number of piperazine rings is 1. The van der Waals surface area contributed by atoms with E-state index in [1.165, 1.54) is 0 Å². The number of carbonyl (C=O) groups is 1. The second-order valence-corrected chi connectivity index (χ2v) is 5.86. The Labute approximate surface area is 140 Å². The second-order valence-electron chi connectivity index (χ2n) is 5.43. The number of rotatable bonds is 2. The van der Waals surface area contributed by atoms with Crippen LogP contribution in [0.4, 0.5) is 16.2 Å². The van der Waals surface area contributed by atoms with Gasteiger partial charge in [0, 0.05) is 42.6 Å². The zero-order valence-corrected chi connectivity index (χ0v) is 13.3. The van der Waals surface area contributed by atoms with Gasteiger partial charge in [0.25, 0.3) is 0 Å². The molecule has 0 radical (unpaired) electrons. The molecule has 1 aliphatic heterocycles. The lowest BCUT2D eigenvalue weighted by molar-refractivity contribution is 0.208. The molecule has 0 atom stereocenters. The normalized spacial score (nSPS) is 14.7. The van der Waals surface area contributed by atoms with E-state index in [1.54, 1.807) is 41.3 Å². The van der Waals surface area contributed by atoms with Crippen molar-refractivity contribution in [1.29, 1.82) is 0 Å². The lowest BCUT2D eigenvalue weighted by Crippen LogP contribution is -2.50. The van der Waals surface area contributed by atoms with Crippen LogP contribution in [-0.2, 0) is 0 Å². The topological polar surface area (TPSA) is 55.8 Å². The van der Waals surface area contributed by atoms with Crippen LogP contribution in [0.1, 0.15) is 0 Å². The zero-order chi connectivity index (χ0) is 16.2. The highest BCUT2D eigenvalue weighted by Gasteiger charge is 2.21. The Hall–Kier alpha value is -2.40. The van der Waals surface area contributed by atoms with Gasteiger partial charge in [-0.2, -0.15) is 0 Å². The standard InChI is InChI=1S/C17H18ClN3O2/c18-13-1-3-14(4-2-13)19-17(23)21-11-9-20(10-12-21)15-5-7-16(22)8-6-15/h1-8,22H,9-12H2,(H,19,23). The van der Waals surface area contributed by atoms with E-state index < -0.39 is 0 Å². The molecule has 0 unspecified atom stereocenters. The van der Waals surface area contributed by atoms with E-state index in [1.807, 2.05) is 12.1 Å². The van der Waals surface area contributed by atoms with Gasteiger partial charge in [-0.1, -0.05) is 11.6 Å². The molecule has 1 aliphatic rings. The van der Waals surface area contributed by atoms with Crippen LogP contribution in [0.3, 0.4) is 0 Å². The lowest BCUT2D eigenvalue weighted by Gasteiger charge is -2.36. The van der Waals surface area contributed by atoms with Gasteiger partial charge in [0.05, 0.1) is 0 Å². The number of amides is 2. The van der Waals surface area contributed by atoms with Gasteiger partial charge < -0.3 is 20.2 Å². The van der Waals surface area contributed by atoms with E-state index in [2.05, 4.69) is 10.2 Å². The Morgan fingerprint density at radius 1 is 0.957 bits per heavy atom. The molecule has 0 aromatic heterocycles. The van der Waals surface area contributed by atoms with Crippen LogP contribution in [0.15, 0.2) is 48.5 Å². The van der Waals surface area contributed by atoms with Gasteiger partial charge >= 0.3 is 6.03 Å². The minimum atomic E-state index is -0.0994. The first-order chi connectivity index (χ1) is 11.1. The Bertz CT molecular complexity index is 665. The van der Waals surface area contributed by atoms with Crippen LogP contribution in [-0.4, -0.2) is 42.2 Å². The molecule has 2 aromatic rings. The Kier molecular flexibility index (Phi) is 4.57. The average molecular weight is 332 g/mol. The molecule has 0 bridgehead atoms. The van der Waals surface area contributed by atoms with Crippen LogP contribution in [0.5, 0.6) is 5.75 Å². The summed E-state index contributed by atoms with van der Waals surface area (Å²) >= 11 is 5.84. The number of phenols is 1. The van der Waals surface area contributed by atoms with E-state index >= 15 is 0 Å². The summed E-state index contributed by atoms with van der Waals surface area (Å²) in [6.07, 6.45) is 0. The lowest BCUT2D eigenvalue weighted by atomic mass is 10.2. The molecule has 0 aliphatic carbocycles. The molecular weight excluding hydrogens is 314 g/mol. The number of benzene rings is 2. The molecule has 1 fully saturated rings. The highest BCUT2D eigenvalue weighted by Crippen LogP contribution is 2.20. The van der Waals surface area contributed by atoms with Gasteiger partial charge in [-0.05, 0) is 48.5 Å². The quantitative estimate of drug-likeness (QED) is 0.886. The van der Waals surface area contributed by atoms with Crippen molar-refractivity contribution in [2.24, 2.45) is 0 Å². The smallest absolute Gasteiger partial charge is 0.321 e. The van der Waals surface area contributed by atoms with Crippen molar-refractivity contribution in [2.45, 2.75) is 0 Å². The number of aromatic hydroxyl groups is 1. The monoisotopic (exact) mass is 331 g/mol. The maximum atomic E-state index is 12.3. The largest absolute Gasteiger partial charge is 0.508 e. The summed E-state index contributed by atoms with van der Waals surface area (Å²) < 4.78 is 0. The van der Waals surface area contributed by atoms with Gasteiger partial charge in [0.15, 0.2) is 0 Å². The van der Waals surface area contributed by atoms with E-state index in [-0.39, 0.29) is 11.8 Å². The van der Waals surface area contributed by atoms with Crippen molar-refractivity contribution in [3.8, 4) is 5.75 Å². The van der Waals surface area contributed by atoms with Crippen molar-refractivity contribution in [1.82, 2.24) is 4.90 Å². The number of phenolic OH excluding ortho intramolecular Hbond substituents is 1. The summed E-state index contributed by atoms with van der Waals surface area (Å²) in [5.74, 6) is 0.259. The molecule has 0 spiro atoms. The number of carbonyl (C=O) groups excluding carboxylic acids is 1. The minimum Gasteiger partial charge on any atom is -0.508 e. The summed E-state index contributed by atoms with van der Waals surface area (Å²) in [4.78, 5) is 16.3. The number of nitrogens with one attached hydrogen (secondary N) is 1. The van der Waals surface area contributed by atoms with E-state index in [4.69, 9.17) is 11.6 Å². The third-order valence-corrected chi connectivity index (χ3v) is 4.13. The number of nitrogens with zero attached hydrogens (tertiary/aromatic N) is 2. The Morgan fingerprint density at radius 2 is 1.57 bits per heavy atom. The summed E-state index contributed by atoms with van der Waals surface area (Å²) in [5.41, 5.74) is 1.79. The molecule has 1 heterocycles. The van der Waals surface area contributed by atoms with E-state index in [0.29, 0.717) is 18.1 Å². The molecule has 1 saturated heterocycles. The fourth-order valence-corrected chi connectivity index (χ4v) is 2.69. The van der Waals surface area contributed by atoms with Crippen molar-refractivity contribution in [3.05, 3.63) is 53.6 Å². The molecule has 2 N–H and O–H groups in total. The molecule has 120 valence electrons. The summed E-state index contributed by atoms with van der Waals surface area (Å²) in [6, 6.07) is 14.1. The first-order valence-corrected chi connectivity index (χ1v) is 7.85. The summed E-state index contributed by atoms with van der Waals surface area (Å²) in [7, 11) is 0. The number of hydrogen-bond acceptors (Lipinski definition) is 3. The van der Waals surface area contributed by atoms with Gasteiger partial charge in [-0.3, -0.25) is 0 Å². The third kappa shape index (κ3) is 3.87. The van der Waals surface area contributed by atoms with Crippen molar-refractivity contribution in [2.75, 3.05) is 36.4 Å². The highest BCUT2D eigenvalue weighted by molar-refractivity contribution is 6.30. The molecular formula is C17H18ClN3O2. The molecule has 3 rings (SSSR count). The average Bonchev–Trinajstić information content (AvgIpc) is 2.58. The van der Waals surface area contributed by atoms with Gasteiger partial charge in [-0.15, -0.1) is 0 Å².